The van der Waals surface area contributed by atoms with Gasteiger partial charge in [-0.25, -0.2) is 4.68 Å². The van der Waals surface area contributed by atoms with E-state index in [1.165, 1.54) is 6.42 Å². The highest BCUT2D eigenvalue weighted by molar-refractivity contribution is 5.80. The molecule has 0 unspecified atom stereocenters. The van der Waals surface area contributed by atoms with Gasteiger partial charge in [-0.3, -0.25) is 9.69 Å². The summed E-state index contributed by atoms with van der Waals surface area (Å²) in [5, 5.41) is 13.6. The lowest BCUT2D eigenvalue weighted by Crippen LogP contribution is -2.42. The number of benzene rings is 1. The molecule has 8 nitrogen and oxygen atoms in total. The fourth-order valence-electron chi connectivity index (χ4n) is 4.33. The highest BCUT2D eigenvalue weighted by Crippen LogP contribution is 2.32. The SMILES string of the molecule is COc1ccc2cc([C@H](c3nnnn3C(C)(C)C)N3CCC[C@H](C)C3)c(=O)[nH]c2c1. The second-order valence-corrected chi connectivity index (χ2v) is 9.27. The summed E-state index contributed by atoms with van der Waals surface area (Å²) in [4.78, 5) is 18.6. The number of rotatable bonds is 4. The van der Waals surface area contributed by atoms with Crippen LogP contribution in [0.25, 0.3) is 10.9 Å². The molecule has 1 aromatic carbocycles. The summed E-state index contributed by atoms with van der Waals surface area (Å²) in [5.41, 5.74) is 1.00. The molecule has 1 fully saturated rings. The maximum atomic E-state index is 13.3. The van der Waals surface area contributed by atoms with Crippen LogP contribution in [0.15, 0.2) is 29.1 Å². The summed E-state index contributed by atoms with van der Waals surface area (Å²) >= 11 is 0. The third-order valence-electron chi connectivity index (χ3n) is 5.80. The number of ether oxygens (including phenoxy) is 1. The number of likely N-dealkylation sites (tertiary alicyclic amines) is 1. The van der Waals surface area contributed by atoms with E-state index in [0.717, 1.165) is 30.4 Å². The second-order valence-electron chi connectivity index (χ2n) is 9.27. The van der Waals surface area contributed by atoms with Gasteiger partial charge in [-0.1, -0.05) is 6.92 Å². The number of nitrogens with zero attached hydrogens (tertiary/aromatic N) is 5. The minimum absolute atomic E-state index is 0.123. The Labute approximate surface area is 176 Å². The predicted octanol–water partition coefficient (Wildman–Crippen LogP) is 3.10. The molecular formula is C22H30N6O2. The van der Waals surface area contributed by atoms with Gasteiger partial charge in [0.15, 0.2) is 5.82 Å². The summed E-state index contributed by atoms with van der Waals surface area (Å²) in [6.45, 7) is 10.3. The number of piperidine rings is 1. The van der Waals surface area contributed by atoms with E-state index in [9.17, 15) is 4.79 Å². The van der Waals surface area contributed by atoms with Crippen LogP contribution in [0.1, 0.15) is 58.0 Å². The van der Waals surface area contributed by atoms with Gasteiger partial charge in [-0.05, 0) is 80.1 Å². The fourth-order valence-corrected chi connectivity index (χ4v) is 4.33. The third kappa shape index (κ3) is 3.84. The molecule has 2 atom stereocenters. The van der Waals surface area contributed by atoms with E-state index in [0.29, 0.717) is 23.1 Å². The predicted molar refractivity (Wildman–Crippen MR) is 116 cm³/mol. The van der Waals surface area contributed by atoms with Crippen LogP contribution in [-0.4, -0.2) is 50.3 Å². The van der Waals surface area contributed by atoms with Gasteiger partial charge >= 0.3 is 0 Å². The van der Waals surface area contributed by atoms with Crippen LogP contribution in [0, 0.1) is 5.92 Å². The summed E-state index contributed by atoms with van der Waals surface area (Å²) in [6.07, 6.45) is 2.29. The van der Waals surface area contributed by atoms with Crippen LogP contribution in [0.4, 0.5) is 0 Å². The van der Waals surface area contributed by atoms with Gasteiger partial charge in [0.2, 0.25) is 0 Å². The topological polar surface area (TPSA) is 88.9 Å². The van der Waals surface area contributed by atoms with E-state index < -0.39 is 0 Å². The minimum Gasteiger partial charge on any atom is -0.497 e. The molecule has 4 rings (SSSR count). The number of methoxy groups -OCH3 is 1. The Morgan fingerprint density at radius 2 is 2.07 bits per heavy atom. The molecule has 8 heteroatoms. The molecule has 0 saturated carbocycles. The summed E-state index contributed by atoms with van der Waals surface area (Å²) < 4.78 is 7.14. The van der Waals surface area contributed by atoms with Gasteiger partial charge in [0.1, 0.15) is 11.8 Å². The van der Waals surface area contributed by atoms with Gasteiger partial charge in [0.25, 0.3) is 5.56 Å². The molecule has 3 heterocycles. The third-order valence-corrected chi connectivity index (χ3v) is 5.80. The van der Waals surface area contributed by atoms with Crippen molar-refractivity contribution in [3.8, 4) is 5.75 Å². The molecule has 1 aliphatic heterocycles. The molecule has 3 aromatic rings. The normalized spacial score (nSPS) is 19.2. The van der Waals surface area contributed by atoms with Crippen molar-refractivity contribution in [1.82, 2.24) is 30.1 Å². The number of hydrogen-bond donors (Lipinski definition) is 1. The highest BCUT2D eigenvalue weighted by atomic mass is 16.5. The first kappa shape index (κ1) is 20.5. The zero-order valence-electron chi connectivity index (χ0n) is 18.3. The molecule has 1 N–H and O–H groups in total. The molecule has 1 saturated heterocycles. The quantitative estimate of drug-likeness (QED) is 0.711. The van der Waals surface area contributed by atoms with Crippen molar-refractivity contribution < 1.29 is 4.74 Å². The highest BCUT2D eigenvalue weighted by Gasteiger charge is 2.34. The molecule has 0 amide bonds. The van der Waals surface area contributed by atoms with Crippen LogP contribution in [0.5, 0.6) is 5.75 Å². The number of pyridine rings is 1. The van der Waals surface area contributed by atoms with E-state index in [1.807, 2.05) is 28.9 Å². The average molecular weight is 411 g/mol. The minimum atomic E-state index is -0.308. The number of hydrogen-bond acceptors (Lipinski definition) is 6. The van der Waals surface area contributed by atoms with E-state index in [1.54, 1.807) is 7.11 Å². The van der Waals surface area contributed by atoms with Gasteiger partial charge in [-0.15, -0.1) is 5.10 Å². The lowest BCUT2D eigenvalue weighted by Gasteiger charge is -2.37. The smallest absolute Gasteiger partial charge is 0.253 e. The van der Waals surface area contributed by atoms with E-state index >= 15 is 0 Å². The van der Waals surface area contributed by atoms with Crippen LogP contribution in [-0.2, 0) is 5.54 Å². The molecule has 1 aliphatic rings. The number of nitrogens with one attached hydrogen (secondary N) is 1. The standard InChI is InChI=1S/C22H30N6O2/c1-14-7-6-10-27(13-14)19(20-24-25-26-28(20)22(2,3)4)17-11-15-8-9-16(30-5)12-18(15)23-21(17)29/h8-9,11-12,14,19H,6-7,10,13H2,1-5H3,(H,23,29)/t14-,19+/m0/s1. The first-order valence-corrected chi connectivity index (χ1v) is 10.5. The fraction of sp³-hybridized carbons (Fsp3) is 0.545. The average Bonchev–Trinajstić information content (AvgIpc) is 3.18. The Morgan fingerprint density at radius 3 is 2.77 bits per heavy atom. The molecule has 0 spiro atoms. The molecule has 160 valence electrons. The maximum absolute atomic E-state index is 13.3. The molecule has 0 bridgehead atoms. The zero-order valence-corrected chi connectivity index (χ0v) is 18.3. The number of fused-ring (bicyclic) bond motifs is 1. The first-order chi connectivity index (χ1) is 14.3. The summed E-state index contributed by atoms with van der Waals surface area (Å²) in [6, 6.07) is 7.38. The van der Waals surface area contributed by atoms with Crippen molar-refractivity contribution in [2.45, 2.75) is 52.1 Å². The number of aromatic amines is 1. The van der Waals surface area contributed by atoms with E-state index in [4.69, 9.17) is 4.74 Å². The van der Waals surface area contributed by atoms with E-state index in [2.05, 4.69) is 53.1 Å². The Kier molecular flexibility index (Phi) is 5.36. The van der Waals surface area contributed by atoms with Crippen molar-refractivity contribution in [3.05, 3.63) is 46.0 Å². The molecule has 0 aliphatic carbocycles. The van der Waals surface area contributed by atoms with E-state index in [-0.39, 0.29) is 17.1 Å². The summed E-state index contributed by atoms with van der Waals surface area (Å²) in [7, 11) is 1.62. The van der Waals surface area contributed by atoms with Crippen LogP contribution in [0.3, 0.4) is 0 Å². The van der Waals surface area contributed by atoms with Crippen molar-refractivity contribution in [1.29, 1.82) is 0 Å². The van der Waals surface area contributed by atoms with Crippen molar-refractivity contribution in [2.24, 2.45) is 5.92 Å². The summed E-state index contributed by atoms with van der Waals surface area (Å²) in [5.74, 6) is 1.97. The number of aromatic nitrogens is 5. The second kappa shape index (κ2) is 7.83. The van der Waals surface area contributed by atoms with Crippen molar-refractivity contribution in [2.75, 3.05) is 20.2 Å². The van der Waals surface area contributed by atoms with Crippen LogP contribution in [0.2, 0.25) is 0 Å². The lowest BCUT2D eigenvalue weighted by molar-refractivity contribution is 0.137. The maximum Gasteiger partial charge on any atom is 0.253 e. The Bertz CT molecular complexity index is 1100. The molecule has 0 radical (unpaired) electrons. The monoisotopic (exact) mass is 410 g/mol. The Morgan fingerprint density at radius 1 is 1.27 bits per heavy atom. The van der Waals surface area contributed by atoms with Gasteiger partial charge in [-0.2, -0.15) is 0 Å². The molecular weight excluding hydrogens is 380 g/mol. The van der Waals surface area contributed by atoms with Gasteiger partial charge in [0.05, 0.1) is 18.2 Å². The lowest BCUT2D eigenvalue weighted by atomic mass is 9.95. The Hall–Kier alpha value is -2.74. The number of tetrazole rings is 1. The Balaban J connectivity index is 1.89. The van der Waals surface area contributed by atoms with Gasteiger partial charge < -0.3 is 9.72 Å². The van der Waals surface area contributed by atoms with Crippen molar-refractivity contribution >= 4 is 10.9 Å². The van der Waals surface area contributed by atoms with Crippen LogP contribution >= 0.6 is 0 Å². The van der Waals surface area contributed by atoms with Gasteiger partial charge in [0, 0.05) is 18.2 Å². The largest absolute Gasteiger partial charge is 0.497 e. The zero-order chi connectivity index (χ0) is 21.5. The van der Waals surface area contributed by atoms with Crippen molar-refractivity contribution in [3.63, 3.8) is 0 Å². The number of H-pyrrole nitrogens is 1. The molecule has 2 aromatic heterocycles. The molecule has 30 heavy (non-hydrogen) atoms. The van der Waals surface area contributed by atoms with Crippen LogP contribution < -0.4 is 10.3 Å². The first-order valence-electron chi connectivity index (χ1n) is 10.5.